The lowest BCUT2D eigenvalue weighted by Crippen LogP contribution is -2.42. The fourth-order valence-corrected chi connectivity index (χ4v) is 5.39. The molecule has 3 heterocycles. The molecule has 0 spiro atoms. The topological polar surface area (TPSA) is 134 Å². The van der Waals surface area contributed by atoms with Crippen LogP contribution < -0.4 is 10.1 Å². The van der Waals surface area contributed by atoms with Gasteiger partial charge in [0.2, 0.25) is 11.8 Å². The summed E-state index contributed by atoms with van der Waals surface area (Å²) < 4.78 is 32.3. The molecule has 12 heteroatoms. The lowest BCUT2D eigenvalue weighted by atomic mass is 9.98. The zero-order valence-corrected chi connectivity index (χ0v) is 26.5. The molecule has 1 aromatic carbocycles. The highest BCUT2D eigenvalue weighted by Gasteiger charge is 2.32. The molecule has 2 fully saturated rings. The lowest BCUT2D eigenvalue weighted by Gasteiger charge is -2.31. The van der Waals surface area contributed by atoms with E-state index in [2.05, 4.69) is 16.4 Å². The third-order valence-corrected chi connectivity index (χ3v) is 7.56. The molecular weight excluding hydrogens is 581 g/mol. The van der Waals surface area contributed by atoms with Gasteiger partial charge in [0.25, 0.3) is 0 Å². The molecule has 1 N–H and O–H groups in total. The number of aromatic nitrogens is 1. The van der Waals surface area contributed by atoms with E-state index in [-0.39, 0.29) is 36.2 Å². The van der Waals surface area contributed by atoms with Gasteiger partial charge in [-0.3, -0.25) is 4.79 Å². The van der Waals surface area contributed by atoms with Gasteiger partial charge < -0.3 is 29.3 Å². The zero-order valence-electron chi connectivity index (χ0n) is 26.5. The van der Waals surface area contributed by atoms with Crippen molar-refractivity contribution in [2.24, 2.45) is 0 Å². The summed E-state index contributed by atoms with van der Waals surface area (Å²) in [4.78, 5) is 45.5. The molecule has 0 unspecified atom stereocenters. The van der Waals surface area contributed by atoms with Gasteiger partial charge in [-0.25, -0.2) is 19.0 Å². The molecule has 2 aliphatic heterocycles. The van der Waals surface area contributed by atoms with Crippen LogP contribution in [0.4, 0.5) is 14.0 Å². The Morgan fingerprint density at radius 1 is 1.09 bits per heavy atom. The molecule has 0 aliphatic carbocycles. The average molecular weight is 624 g/mol. The van der Waals surface area contributed by atoms with Crippen molar-refractivity contribution in [3.8, 4) is 23.1 Å². The monoisotopic (exact) mass is 623 g/mol. The van der Waals surface area contributed by atoms with E-state index >= 15 is 4.39 Å². The van der Waals surface area contributed by atoms with E-state index in [1.807, 2.05) is 13.8 Å². The molecule has 3 amide bonds. The predicted octanol–water partition coefficient (Wildman–Crippen LogP) is 5.75. The van der Waals surface area contributed by atoms with E-state index in [0.29, 0.717) is 62.3 Å². The number of alkyl carbamates (subject to hydrolysis) is 1. The van der Waals surface area contributed by atoms with Gasteiger partial charge >= 0.3 is 12.2 Å². The Labute approximate surface area is 263 Å². The minimum absolute atomic E-state index is 0.0932. The first-order valence-corrected chi connectivity index (χ1v) is 15.4. The van der Waals surface area contributed by atoms with Crippen molar-refractivity contribution in [1.82, 2.24) is 20.1 Å². The number of likely N-dealkylation sites (tertiary alicyclic amines) is 2. The van der Waals surface area contributed by atoms with Crippen molar-refractivity contribution < 1.29 is 33.0 Å². The van der Waals surface area contributed by atoms with Crippen LogP contribution in [0.1, 0.15) is 78.3 Å². The van der Waals surface area contributed by atoms with Gasteiger partial charge in [-0.1, -0.05) is 12.1 Å². The van der Waals surface area contributed by atoms with Crippen LogP contribution in [0.15, 0.2) is 36.5 Å². The number of nitrogens with one attached hydrogen (secondary N) is 1. The Hall–Kier alpha value is -4.40. The van der Waals surface area contributed by atoms with Crippen LogP contribution in [0.5, 0.6) is 5.88 Å². The number of nitriles is 1. The molecule has 4 rings (SSSR count). The molecule has 0 radical (unpaired) electrons. The number of piperidine rings is 1. The third-order valence-electron chi connectivity index (χ3n) is 7.56. The fraction of sp³-hybridized carbons (Fsp3) is 0.545. The Morgan fingerprint density at radius 2 is 1.80 bits per heavy atom. The van der Waals surface area contributed by atoms with Crippen LogP contribution in [0.2, 0.25) is 0 Å². The quantitative estimate of drug-likeness (QED) is 0.393. The van der Waals surface area contributed by atoms with E-state index in [0.717, 1.165) is 0 Å². The lowest BCUT2D eigenvalue weighted by molar-refractivity contribution is -0.131. The van der Waals surface area contributed by atoms with Crippen molar-refractivity contribution in [2.45, 2.75) is 96.6 Å². The van der Waals surface area contributed by atoms with Gasteiger partial charge in [-0.15, -0.1) is 0 Å². The molecule has 2 atom stereocenters. The molecule has 11 nitrogen and oxygen atoms in total. The van der Waals surface area contributed by atoms with Crippen LogP contribution in [0.25, 0.3) is 11.1 Å². The maximum Gasteiger partial charge on any atom is 0.410 e. The summed E-state index contributed by atoms with van der Waals surface area (Å²) in [5.74, 6) is -0.524. The number of amides is 3. The van der Waals surface area contributed by atoms with Crippen molar-refractivity contribution in [3.05, 3.63) is 47.9 Å². The van der Waals surface area contributed by atoms with Crippen molar-refractivity contribution in [1.29, 1.82) is 5.26 Å². The number of rotatable bonds is 8. The molecule has 0 bridgehead atoms. The molecule has 2 aromatic rings. The van der Waals surface area contributed by atoms with Gasteiger partial charge in [-0.2, -0.15) is 5.26 Å². The number of carbonyl (C=O) groups excluding carboxylic acids is 3. The van der Waals surface area contributed by atoms with E-state index in [1.165, 1.54) is 17.0 Å². The highest BCUT2D eigenvalue weighted by Crippen LogP contribution is 2.29. The average Bonchev–Trinajstić information content (AvgIpc) is 3.46. The minimum atomic E-state index is -1.01. The van der Waals surface area contributed by atoms with Crippen LogP contribution in [0.3, 0.4) is 0 Å². The molecule has 0 saturated carbocycles. The third kappa shape index (κ3) is 9.30. The van der Waals surface area contributed by atoms with Crippen molar-refractivity contribution >= 4 is 18.1 Å². The number of carbonyl (C=O) groups is 3. The minimum Gasteiger partial charge on any atom is -0.474 e. The fourth-order valence-electron chi connectivity index (χ4n) is 5.39. The number of hydrogen-bond donors (Lipinski definition) is 1. The second-order valence-electron chi connectivity index (χ2n) is 12.6. The first-order valence-electron chi connectivity index (χ1n) is 15.4. The summed E-state index contributed by atoms with van der Waals surface area (Å²) in [5.41, 5.74) is 0.547. The van der Waals surface area contributed by atoms with Gasteiger partial charge in [-0.05, 0) is 65.2 Å². The Morgan fingerprint density at radius 3 is 2.40 bits per heavy atom. The predicted molar refractivity (Wildman–Crippen MR) is 164 cm³/mol. The van der Waals surface area contributed by atoms with Gasteiger partial charge in [0.15, 0.2) is 0 Å². The van der Waals surface area contributed by atoms with Crippen LogP contribution in [-0.4, -0.2) is 76.4 Å². The van der Waals surface area contributed by atoms with Crippen LogP contribution in [0, 0.1) is 17.1 Å². The summed E-state index contributed by atoms with van der Waals surface area (Å²) in [5, 5.41) is 12.1. The van der Waals surface area contributed by atoms with Crippen molar-refractivity contribution in [3.63, 3.8) is 0 Å². The van der Waals surface area contributed by atoms with E-state index in [4.69, 9.17) is 14.2 Å². The molecule has 242 valence electrons. The van der Waals surface area contributed by atoms with E-state index in [1.54, 1.807) is 50.1 Å². The van der Waals surface area contributed by atoms with E-state index in [9.17, 15) is 19.6 Å². The number of halogens is 1. The van der Waals surface area contributed by atoms with Gasteiger partial charge in [0, 0.05) is 55.9 Å². The maximum absolute atomic E-state index is 15.6. The summed E-state index contributed by atoms with van der Waals surface area (Å²) in [7, 11) is 0. The number of nitrogens with zero attached hydrogens (tertiary/aromatic N) is 4. The largest absolute Gasteiger partial charge is 0.474 e. The summed E-state index contributed by atoms with van der Waals surface area (Å²) in [6, 6.07) is 8.66. The Kier molecular flexibility index (Phi) is 10.9. The first kappa shape index (κ1) is 33.5. The van der Waals surface area contributed by atoms with Gasteiger partial charge in [0.1, 0.15) is 23.6 Å². The van der Waals surface area contributed by atoms with Crippen LogP contribution >= 0.6 is 0 Å². The number of ether oxygens (including phenoxy) is 3. The summed E-state index contributed by atoms with van der Waals surface area (Å²) >= 11 is 0. The standard InChI is InChI=1S/C33H42FN5O6/c1-21(2)43-32(42)38-15-12-25(13-16-38)44-29-11-9-23(20-36-29)22-8-10-26(27(34)17-22)28(37-31(41)45-33(3,4)5)18-30(40)39-14-6-7-24(39)19-35/h8-11,17,20-21,24-25,28H,6-7,12-16,18H2,1-5H3,(H,37,41)/t24-,28-/m0/s1. The Balaban J connectivity index is 1.43. The second kappa shape index (κ2) is 14.6. The van der Waals surface area contributed by atoms with E-state index < -0.39 is 29.6 Å². The summed E-state index contributed by atoms with van der Waals surface area (Å²) in [6.07, 6.45) is 2.61. The Bertz CT molecular complexity index is 1400. The molecular formula is C33H42FN5O6. The number of pyridine rings is 1. The second-order valence-corrected chi connectivity index (χ2v) is 12.6. The summed E-state index contributed by atoms with van der Waals surface area (Å²) in [6.45, 7) is 10.3. The first-order chi connectivity index (χ1) is 21.3. The van der Waals surface area contributed by atoms with Crippen LogP contribution in [-0.2, 0) is 14.3 Å². The number of benzene rings is 1. The highest BCUT2D eigenvalue weighted by atomic mass is 19.1. The van der Waals surface area contributed by atoms with Crippen molar-refractivity contribution in [2.75, 3.05) is 19.6 Å². The smallest absolute Gasteiger partial charge is 0.410 e. The molecule has 2 aliphatic rings. The zero-order chi connectivity index (χ0) is 32.7. The maximum atomic E-state index is 15.6. The normalized spacial score (nSPS) is 17.9. The SMILES string of the molecule is CC(C)OC(=O)N1CCC(Oc2ccc(-c3ccc([C@H](CC(=O)N4CCC[C@H]4C#N)NC(=O)OC(C)(C)C)c(F)c3)cn2)CC1. The molecule has 2 saturated heterocycles. The molecule has 45 heavy (non-hydrogen) atoms. The highest BCUT2D eigenvalue weighted by molar-refractivity contribution is 5.79. The number of hydrogen-bond acceptors (Lipinski definition) is 8. The molecule has 1 aromatic heterocycles. The van der Waals surface area contributed by atoms with Gasteiger partial charge in [0.05, 0.1) is 24.6 Å².